The number of sulfone groups is 1. The second-order valence-electron chi connectivity index (χ2n) is 4.63. The molecule has 0 N–H and O–H groups in total. The van der Waals surface area contributed by atoms with Gasteiger partial charge in [-0.05, 0) is 18.6 Å². The largest absolute Gasteiger partial charge is 0.465 e. The zero-order chi connectivity index (χ0) is 14.9. The van der Waals surface area contributed by atoms with Crippen LogP contribution >= 0.6 is 11.3 Å². The lowest BCUT2D eigenvalue weighted by Gasteiger charge is -2.22. The lowest BCUT2D eigenvalue weighted by Crippen LogP contribution is -2.37. The van der Waals surface area contributed by atoms with Gasteiger partial charge in [0.2, 0.25) is 0 Å². The summed E-state index contributed by atoms with van der Waals surface area (Å²) < 4.78 is 27.5. The Morgan fingerprint density at radius 3 is 2.55 bits per heavy atom. The fourth-order valence-corrected chi connectivity index (χ4v) is 4.77. The third kappa shape index (κ3) is 3.01. The molecule has 1 saturated heterocycles. The number of carbonyl (C=O) groups is 2. The molecular weight excluding hydrogens is 302 g/mol. The van der Waals surface area contributed by atoms with Crippen LogP contribution in [0.5, 0.6) is 0 Å². The molecule has 0 unspecified atom stereocenters. The Morgan fingerprint density at radius 1 is 1.35 bits per heavy atom. The van der Waals surface area contributed by atoms with E-state index >= 15 is 0 Å². The Bertz CT molecular complexity index is 634. The van der Waals surface area contributed by atoms with Crippen molar-refractivity contribution in [3.05, 3.63) is 21.9 Å². The van der Waals surface area contributed by atoms with Gasteiger partial charge in [-0.2, -0.15) is 0 Å². The lowest BCUT2D eigenvalue weighted by atomic mass is 10.2. The fraction of sp³-hybridized carbons (Fsp3) is 0.500. The quantitative estimate of drug-likeness (QED) is 0.770. The topological polar surface area (TPSA) is 80.8 Å². The van der Waals surface area contributed by atoms with Crippen LogP contribution < -0.4 is 0 Å². The Hall–Kier alpha value is -1.41. The fourth-order valence-electron chi connectivity index (χ4n) is 2.08. The number of ether oxygens (including phenoxy) is 1. The van der Waals surface area contributed by atoms with E-state index in [9.17, 15) is 18.0 Å². The minimum absolute atomic E-state index is 0.00444. The lowest BCUT2D eigenvalue weighted by molar-refractivity contribution is 0.0606. The highest BCUT2D eigenvalue weighted by Crippen LogP contribution is 2.22. The van der Waals surface area contributed by atoms with E-state index in [2.05, 4.69) is 4.74 Å². The summed E-state index contributed by atoms with van der Waals surface area (Å²) in [4.78, 5) is 25.8. The highest BCUT2D eigenvalue weighted by atomic mass is 32.2. The highest BCUT2D eigenvalue weighted by molar-refractivity contribution is 7.91. The molecule has 0 radical (unpaired) electrons. The molecule has 110 valence electrons. The van der Waals surface area contributed by atoms with Crippen LogP contribution in [0.25, 0.3) is 0 Å². The van der Waals surface area contributed by atoms with Crippen molar-refractivity contribution in [3.63, 3.8) is 0 Å². The zero-order valence-electron chi connectivity index (χ0n) is 11.2. The van der Waals surface area contributed by atoms with Gasteiger partial charge in [-0.15, -0.1) is 11.3 Å². The van der Waals surface area contributed by atoms with Gasteiger partial charge in [-0.3, -0.25) is 4.79 Å². The highest BCUT2D eigenvalue weighted by Gasteiger charge is 2.33. The molecule has 1 amide bonds. The molecule has 2 heterocycles. The number of amides is 1. The van der Waals surface area contributed by atoms with Crippen LogP contribution in [0.1, 0.15) is 25.8 Å². The first-order valence-corrected chi connectivity index (χ1v) is 8.63. The molecule has 1 aromatic heterocycles. The maximum Gasteiger partial charge on any atom is 0.348 e. The average molecular weight is 317 g/mol. The molecule has 6 nitrogen and oxygen atoms in total. The Balaban J connectivity index is 2.11. The second kappa shape index (κ2) is 5.53. The van der Waals surface area contributed by atoms with Crippen molar-refractivity contribution in [2.75, 3.05) is 25.7 Å². The number of rotatable bonds is 3. The van der Waals surface area contributed by atoms with E-state index in [0.29, 0.717) is 16.2 Å². The summed E-state index contributed by atoms with van der Waals surface area (Å²) in [5.41, 5.74) is 0. The molecule has 0 aromatic carbocycles. The van der Waals surface area contributed by atoms with Crippen LogP contribution in [0.2, 0.25) is 0 Å². The van der Waals surface area contributed by atoms with Gasteiger partial charge in [-0.25, -0.2) is 13.2 Å². The van der Waals surface area contributed by atoms with Gasteiger partial charge in [0.1, 0.15) is 4.88 Å². The third-order valence-electron chi connectivity index (χ3n) is 3.28. The van der Waals surface area contributed by atoms with Crippen LogP contribution in [0.15, 0.2) is 12.1 Å². The van der Waals surface area contributed by atoms with Gasteiger partial charge in [0.25, 0.3) is 5.91 Å². The van der Waals surface area contributed by atoms with E-state index in [1.165, 1.54) is 18.1 Å². The Morgan fingerprint density at radius 2 is 2.00 bits per heavy atom. The number of nitrogens with zero attached hydrogens (tertiary/aromatic N) is 1. The van der Waals surface area contributed by atoms with E-state index in [-0.39, 0.29) is 23.5 Å². The second-order valence-corrected chi connectivity index (χ2v) is 7.94. The van der Waals surface area contributed by atoms with Crippen LogP contribution in [-0.2, 0) is 14.6 Å². The number of thiophene rings is 1. The first-order valence-electron chi connectivity index (χ1n) is 6.00. The molecule has 1 aliphatic rings. The number of hydrogen-bond donors (Lipinski definition) is 0. The normalized spacial score (nSPS) is 20.6. The Kier molecular flexibility index (Phi) is 4.14. The molecule has 20 heavy (non-hydrogen) atoms. The first kappa shape index (κ1) is 15.0. The van der Waals surface area contributed by atoms with Crippen LogP contribution in [-0.4, -0.2) is 56.9 Å². The van der Waals surface area contributed by atoms with Crippen molar-refractivity contribution >= 4 is 33.1 Å². The number of carbonyl (C=O) groups excluding carboxylic acids is 2. The Labute approximate surface area is 121 Å². The molecule has 0 spiro atoms. The average Bonchev–Trinajstić information content (AvgIpc) is 3.02. The summed E-state index contributed by atoms with van der Waals surface area (Å²) in [6.07, 6.45) is 0.458. The standard InChI is InChI=1S/C12H15NO5S2/c1-13(8-5-6-20(16,17)7-8)11(14)9-3-4-10(19-9)12(15)18-2/h3-4,8H,5-7H2,1-2H3/t8-/m1/s1. The molecule has 1 fully saturated rings. The SMILES string of the molecule is COC(=O)c1ccc(C(=O)N(C)[C@@H]2CCS(=O)(=O)C2)s1. The van der Waals surface area contributed by atoms with Crippen LogP contribution in [0.4, 0.5) is 0 Å². The van der Waals surface area contributed by atoms with Crippen molar-refractivity contribution in [1.82, 2.24) is 4.90 Å². The summed E-state index contributed by atoms with van der Waals surface area (Å²) >= 11 is 1.05. The van der Waals surface area contributed by atoms with Crippen molar-refractivity contribution in [1.29, 1.82) is 0 Å². The van der Waals surface area contributed by atoms with E-state index in [4.69, 9.17) is 0 Å². The van der Waals surface area contributed by atoms with Crippen molar-refractivity contribution in [2.24, 2.45) is 0 Å². The van der Waals surface area contributed by atoms with Gasteiger partial charge in [0.15, 0.2) is 9.84 Å². The third-order valence-corrected chi connectivity index (χ3v) is 6.08. The van der Waals surface area contributed by atoms with E-state index in [0.717, 1.165) is 11.3 Å². The van der Waals surface area contributed by atoms with E-state index in [1.54, 1.807) is 13.1 Å². The summed E-state index contributed by atoms with van der Waals surface area (Å²) in [6, 6.07) is 2.79. The summed E-state index contributed by atoms with van der Waals surface area (Å²) in [5, 5.41) is 0. The van der Waals surface area contributed by atoms with E-state index in [1.807, 2.05) is 0 Å². The maximum atomic E-state index is 12.3. The van der Waals surface area contributed by atoms with Gasteiger partial charge < -0.3 is 9.64 Å². The zero-order valence-corrected chi connectivity index (χ0v) is 12.8. The summed E-state index contributed by atoms with van der Waals surface area (Å²) in [5.74, 6) is -0.634. The molecule has 2 rings (SSSR count). The van der Waals surface area contributed by atoms with Crippen molar-refractivity contribution in [3.8, 4) is 0 Å². The molecule has 0 bridgehead atoms. The molecule has 0 saturated carbocycles. The minimum Gasteiger partial charge on any atom is -0.465 e. The molecule has 8 heteroatoms. The molecule has 1 atom stereocenters. The van der Waals surface area contributed by atoms with Crippen LogP contribution in [0, 0.1) is 0 Å². The van der Waals surface area contributed by atoms with Gasteiger partial charge in [0.05, 0.1) is 23.5 Å². The molecule has 1 aromatic rings. The minimum atomic E-state index is -3.03. The number of methoxy groups -OCH3 is 1. The van der Waals surface area contributed by atoms with Gasteiger partial charge >= 0.3 is 5.97 Å². The van der Waals surface area contributed by atoms with Gasteiger partial charge in [-0.1, -0.05) is 0 Å². The summed E-state index contributed by atoms with van der Waals surface area (Å²) in [6.45, 7) is 0. The first-order chi connectivity index (χ1) is 9.34. The summed E-state index contributed by atoms with van der Waals surface area (Å²) in [7, 11) is -0.167. The smallest absolute Gasteiger partial charge is 0.348 e. The van der Waals surface area contributed by atoms with Crippen molar-refractivity contribution < 1.29 is 22.7 Å². The van der Waals surface area contributed by atoms with Gasteiger partial charge in [0, 0.05) is 13.1 Å². The number of hydrogen-bond acceptors (Lipinski definition) is 6. The van der Waals surface area contributed by atoms with Crippen LogP contribution in [0.3, 0.4) is 0 Å². The van der Waals surface area contributed by atoms with E-state index < -0.39 is 15.8 Å². The molecular formula is C12H15NO5S2. The predicted molar refractivity (Wildman–Crippen MR) is 74.8 cm³/mol. The molecule has 0 aliphatic carbocycles. The maximum absolute atomic E-state index is 12.3. The van der Waals surface area contributed by atoms with Crippen molar-refractivity contribution in [2.45, 2.75) is 12.5 Å². The molecule has 1 aliphatic heterocycles. The number of esters is 1. The monoisotopic (exact) mass is 317 g/mol. The predicted octanol–water partition coefficient (Wildman–Crippen LogP) is 0.794.